The topological polar surface area (TPSA) is 110 Å². The van der Waals surface area contributed by atoms with Crippen LogP contribution in [0.25, 0.3) is 0 Å². The zero-order valence-electron chi connectivity index (χ0n) is 13.1. The molecule has 0 spiro atoms. The van der Waals surface area contributed by atoms with Crippen LogP contribution >= 0.6 is 0 Å². The molecule has 1 aromatic rings. The fraction of sp³-hybridized carbons (Fsp3) is 0.643. The standard InChI is InChI=1S/C14H22N4O4S/c1-23(21,22)17-14(20)11-2-4-12(5-3-11)16-13(19)6-8-18-9-7-15-10-18/h7,9-12H,2-6,8H2,1H3,(H,16,19)(H,17,20). The molecule has 0 aliphatic heterocycles. The number of hydrogen-bond donors (Lipinski definition) is 2. The van der Waals surface area contributed by atoms with E-state index in [0.29, 0.717) is 38.6 Å². The largest absolute Gasteiger partial charge is 0.353 e. The van der Waals surface area contributed by atoms with Crippen LogP contribution in [0.3, 0.4) is 0 Å². The van der Waals surface area contributed by atoms with Crippen LogP contribution in [0.1, 0.15) is 32.1 Å². The maximum absolute atomic E-state index is 11.9. The van der Waals surface area contributed by atoms with Crippen molar-refractivity contribution in [2.24, 2.45) is 5.92 Å². The van der Waals surface area contributed by atoms with Gasteiger partial charge >= 0.3 is 0 Å². The van der Waals surface area contributed by atoms with Gasteiger partial charge in [-0.25, -0.2) is 13.4 Å². The highest BCUT2D eigenvalue weighted by atomic mass is 32.2. The van der Waals surface area contributed by atoms with E-state index in [1.165, 1.54) is 0 Å². The second-order valence-corrected chi connectivity index (χ2v) is 7.65. The molecule has 0 saturated heterocycles. The van der Waals surface area contributed by atoms with E-state index in [2.05, 4.69) is 10.3 Å². The first-order valence-electron chi connectivity index (χ1n) is 7.60. The van der Waals surface area contributed by atoms with E-state index < -0.39 is 15.9 Å². The van der Waals surface area contributed by atoms with Crippen molar-refractivity contribution in [3.05, 3.63) is 18.7 Å². The minimum absolute atomic E-state index is 0.0252. The van der Waals surface area contributed by atoms with Crippen LogP contribution in [0.2, 0.25) is 0 Å². The Kier molecular flexibility index (Phi) is 5.75. The number of imidazole rings is 1. The predicted molar refractivity (Wildman–Crippen MR) is 83.7 cm³/mol. The minimum Gasteiger partial charge on any atom is -0.353 e. The normalized spacial score (nSPS) is 21.6. The lowest BCUT2D eigenvalue weighted by molar-refractivity contribution is -0.124. The summed E-state index contributed by atoms with van der Waals surface area (Å²) in [5.41, 5.74) is 0. The number of nitrogens with zero attached hydrogens (tertiary/aromatic N) is 2. The highest BCUT2D eigenvalue weighted by Gasteiger charge is 2.28. The summed E-state index contributed by atoms with van der Waals surface area (Å²) in [6.45, 7) is 0.581. The summed E-state index contributed by atoms with van der Waals surface area (Å²) < 4.78 is 26.0. The monoisotopic (exact) mass is 342 g/mol. The van der Waals surface area contributed by atoms with E-state index >= 15 is 0 Å². The summed E-state index contributed by atoms with van der Waals surface area (Å²) in [6, 6.07) is 0.0487. The van der Waals surface area contributed by atoms with Crippen molar-refractivity contribution in [2.45, 2.75) is 44.7 Å². The maximum Gasteiger partial charge on any atom is 0.236 e. The number of nitrogens with one attached hydrogen (secondary N) is 2. The van der Waals surface area contributed by atoms with E-state index in [-0.39, 0.29) is 17.9 Å². The van der Waals surface area contributed by atoms with E-state index in [0.717, 1.165) is 6.26 Å². The summed E-state index contributed by atoms with van der Waals surface area (Å²) in [4.78, 5) is 27.6. The van der Waals surface area contributed by atoms with Crippen LogP contribution in [0.15, 0.2) is 18.7 Å². The Bertz CT molecular complexity index is 634. The molecule has 0 aromatic carbocycles. The number of carbonyl (C=O) groups is 2. The molecule has 23 heavy (non-hydrogen) atoms. The first-order valence-corrected chi connectivity index (χ1v) is 9.49. The van der Waals surface area contributed by atoms with Crippen molar-refractivity contribution in [1.29, 1.82) is 0 Å². The molecular formula is C14H22N4O4S. The Labute approximate surface area is 135 Å². The molecule has 1 aliphatic carbocycles. The number of carbonyl (C=O) groups excluding carboxylic acids is 2. The molecule has 2 N–H and O–H groups in total. The van der Waals surface area contributed by atoms with Crippen LogP contribution in [-0.2, 0) is 26.2 Å². The van der Waals surface area contributed by atoms with Gasteiger partial charge in [0.1, 0.15) is 0 Å². The molecule has 0 atom stereocenters. The predicted octanol–water partition coefficient (Wildman–Crippen LogP) is 0.0240. The molecule has 0 radical (unpaired) electrons. The molecule has 1 saturated carbocycles. The Balaban J connectivity index is 1.70. The number of aryl methyl sites for hydroxylation is 1. The average molecular weight is 342 g/mol. The van der Waals surface area contributed by atoms with Crippen molar-refractivity contribution < 1.29 is 18.0 Å². The van der Waals surface area contributed by atoms with E-state index in [9.17, 15) is 18.0 Å². The van der Waals surface area contributed by atoms with Crippen molar-refractivity contribution >= 4 is 21.8 Å². The van der Waals surface area contributed by atoms with Gasteiger partial charge in [-0.3, -0.25) is 14.3 Å². The highest BCUT2D eigenvalue weighted by Crippen LogP contribution is 2.24. The molecule has 1 aliphatic rings. The number of sulfonamides is 1. The lowest BCUT2D eigenvalue weighted by Crippen LogP contribution is -2.42. The van der Waals surface area contributed by atoms with Gasteiger partial charge in [0, 0.05) is 37.3 Å². The van der Waals surface area contributed by atoms with Gasteiger partial charge in [0.2, 0.25) is 21.8 Å². The van der Waals surface area contributed by atoms with Gasteiger partial charge in [0.25, 0.3) is 0 Å². The molecule has 9 heteroatoms. The Morgan fingerprint density at radius 3 is 2.52 bits per heavy atom. The van der Waals surface area contributed by atoms with Crippen LogP contribution in [0, 0.1) is 5.92 Å². The first kappa shape index (κ1) is 17.5. The zero-order valence-corrected chi connectivity index (χ0v) is 13.9. The molecular weight excluding hydrogens is 320 g/mol. The lowest BCUT2D eigenvalue weighted by atomic mass is 9.85. The fourth-order valence-corrected chi connectivity index (χ4v) is 3.25. The SMILES string of the molecule is CS(=O)(=O)NC(=O)C1CCC(NC(=O)CCn2ccnc2)CC1. The number of hydrogen-bond acceptors (Lipinski definition) is 5. The van der Waals surface area contributed by atoms with Gasteiger partial charge in [-0.15, -0.1) is 0 Å². The highest BCUT2D eigenvalue weighted by molar-refractivity contribution is 7.89. The van der Waals surface area contributed by atoms with Gasteiger partial charge in [0.15, 0.2) is 0 Å². The van der Waals surface area contributed by atoms with Crippen LogP contribution in [0.5, 0.6) is 0 Å². The third-order valence-electron chi connectivity index (χ3n) is 3.91. The van der Waals surface area contributed by atoms with Gasteiger partial charge in [-0.1, -0.05) is 0 Å². The summed E-state index contributed by atoms with van der Waals surface area (Å²) in [6.07, 6.45) is 9.00. The van der Waals surface area contributed by atoms with Gasteiger partial charge in [-0.2, -0.15) is 0 Å². The number of rotatable bonds is 6. The van der Waals surface area contributed by atoms with Gasteiger partial charge in [-0.05, 0) is 25.7 Å². The lowest BCUT2D eigenvalue weighted by Gasteiger charge is -2.28. The van der Waals surface area contributed by atoms with E-state index in [1.807, 2.05) is 9.29 Å². The maximum atomic E-state index is 11.9. The fourth-order valence-electron chi connectivity index (χ4n) is 2.72. The van der Waals surface area contributed by atoms with Gasteiger partial charge in [0.05, 0.1) is 12.6 Å². The number of aromatic nitrogens is 2. The molecule has 0 bridgehead atoms. The third-order valence-corrected chi connectivity index (χ3v) is 4.48. The van der Waals surface area contributed by atoms with Crippen molar-refractivity contribution in [2.75, 3.05) is 6.26 Å². The Morgan fingerprint density at radius 1 is 1.26 bits per heavy atom. The molecule has 2 amide bonds. The molecule has 8 nitrogen and oxygen atoms in total. The number of amides is 2. The minimum atomic E-state index is -3.51. The molecule has 1 fully saturated rings. The molecule has 1 aromatic heterocycles. The van der Waals surface area contributed by atoms with Crippen molar-refractivity contribution in [3.63, 3.8) is 0 Å². The van der Waals surface area contributed by atoms with Gasteiger partial charge < -0.3 is 9.88 Å². The molecule has 1 heterocycles. The Hall–Kier alpha value is -1.90. The van der Waals surface area contributed by atoms with Crippen LogP contribution in [0.4, 0.5) is 0 Å². The summed E-state index contributed by atoms with van der Waals surface area (Å²) in [5.74, 6) is -0.774. The zero-order chi connectivity index (χ0) is 16.9. The molecule has 128 valence electrons. The average Bonchev–Trinajstić information content (AvgIpc) is 2.97. The summed E-state index contributed by atoms with van der Waals surface area (Å²) >= 11 is 0. The summed E-state index contributed by atoms with van der Waals surface area (Å²) in [5, 5.41) is 2.97. The Morgan fingerprint density at radius 2 is 1.96 bits per heavy atom. The quantitative estimate of drug-likeness (QED) is 0.757. The smallest absolute Gasteiger partial charge is 0.236 e. The van der Waals surface area contributed by atoms with Crippen LogP contribution < -0.4 is 10.0 Å². The second-order valence-electron chi connectivity index (χ2n) is 5.91. The van der Waals surface area contributed by atoms with Crippen molar-refractivity contribution in [3.8, 4) is 0 Å². The summed E-state index contributed by atoms with van der Waals surface area (Å²) in [7, 11) is -3.51. The van der Waals surface area contributed by atoms with E-state index in [1.54, 1.807) is 18.7 Å². The third kappa shape index (κ3) is 6.01. The molecule has 2 rings (SSSR count). The molecule has 0 unspecified atom stereocenters. The van der Waals surface area contributed by atoms with Crippen LogP contribution in [-0.4, -0.2) is 42.1 Å². The second kappa shape index (κ2) is 7.58. The van der Waals surface area contributed by atoms with Crippen molar-refractivity contribution in [1.82, 2.24) is 19.6 Å². The van der Waals surface area contributed by atoms with E-state index in [4.69, 9.17) is 0 Å². The first-order chi connectivity index (χ1) is 10.8.